The summed E-state index contributed by atoms with van der Waals surface area (Å²) in [6.07, 6.45) is 2.95. The van der Waals surface area contributed by atoms with Gasteiger partial charge in [-0.3, -0.25) is 4.79 Å². The topological polar surface area (TPSA) is 82.4 Å². The van der Waals surface area contributed by atoms with E-state index in [1.54, 1.807) is 19.2 Å². The molecule has 0 saturated carbocycles. The first-order chi connectivity index (χ1) is 12.6. The summed E-state index contributed by atoms with van der Waals surface area (Å²) in [5, 5.41) is 9.10. The monoisotopic (exact) mass is 349 g/mol. The first-order valence-corrected chi connectivity index (χ1v) is 8.54. The van der Waals surface area contributed by atoms with Gasteiger partial charge in [0.1, 0.15) is 12.1 Å². The van der Waals surface area contributed by atoms with Crippen molar-refractivity contribution in [1.82, 2.24) is 9.97 Å². The Balaban J connectivity index is 1.54. The van der Waals surface area contributed by atoms with Crippen molar-refractivity contribution in [3.05, 3.63) is 42.2 Å². The van der Waals surface area contributed by atoms with Crippen LogP contribution in [0.25, 0.3) is 0 Å². The number of rotatable bonds is 3. The Morgan fingerprint density at radius 3 is 2.96 bits per heavy atom. The fourth-order valence-electron chi connectivity index (χ4n) is 3.89. The quantitative estimate of drug-likeness (QED) is 0.843. The number of hydrogen-bond acceptors (Lipinski definition) is 6. The number of benzene rings is 1. The highest BCUT2D eigenvalue weighted by atomic mass is 16.5. The summed E-state index contributed by atoms with van der Waals surface area (Å²) in [6.45, 7) is 2.28. The minimum Gasteiger partial charge on any atom is -0.481 e. The van der Waals surface area contributed by atoms with Crippen molar-refractivity contribution in [2.45, 2.75) is 12.8 Å². The SMILES string of the molecule is COc1cc(N2CC[C@]3(CC(=O)N(c4cccc(C#N)c4)C3)C2)ncn1. The zero-order valence-corrected chi connectivity index (χ0v) is 14.6. The number of nitrogens with zero attached hydrogens (tertiary/aromatic N) is 5. The Kier molecular flexibility index (Phi) is 3.96. The van der Waals surface area contributed by atoms with Crippen molar-refractivity contribution in [2.75, 3.05) is 36.5 Å². The van der Waals surface area contributed by atoms with Gasteiger partial charge in [-0.05, 0) is 24.6 Å². The molecule has 2 aliphatic heterocycles. The molecule has 3 heterocycles. The molecule has 132 valence electrons. The lowest BCUT2D eigenvalue weighted by atomic mass is 9.86. The third-order valence-corrected chi connectivity index (χ3v) is 5.21. The largest absolute Gasteiger partial charge is 0.481 e. The number of anilines is 2. The van der Waals surface area contributed by atoms with E-state index in [2.05, 4.69) is 20.9 Å². The molecule has 0 N–H and O–H groups in total. The Morgan fingerprint density at radius 2 is 2.15 bits per heavy atom. The molecule has 0 bridgehead atoms. The van der Waals surface area contributed by atoms with E-state index in [1.807, 2.05) is 23.1 Å². The molecule has 7 heteroatoms. The van der Waals surface area contributed by atoms with Gasteiger partial charge in [-0.1, -0.05) is 6.07 Å². The molecule has 1 aromatic heterocycles. The molecule has 1 spiro atoms. The van der Waals surface area contributed by atoms with Crippen molar-refractivity contribution >= 4 is 17.4 Å². The van der Waals surface area contributed by atoms with Gasteiger partial charge >= 0.3 is 0 Å². The highest BCUT2D eigenvalue weighted by Crippen LogP contribution is 2.43. The van der Waals surface area contributed by atoms with Gasteiger partial charge in [-0.15, -0.1) is 0 Å². The maximum absolute atomic E-state index is 12.7. The Labute approximate surface area is 151 Å². The highest BCUT2D eigenvalue weighted by Gasteiger charge is 2.48. The van der Waals surface area contributed by atoms with Gasteiger partial charge in [0.25, 0.3) is 0 Å². The van der Waals surface area contributed by atoms with Crippen molar-refractivity contribution in [3.63, 3.8) is 0 Å². The summed E-state index contributed by atoms with van der Waals surface area (Å²) < 4.78 is 5.18. The van der Waals surface area contributed by atoms with E-state index < -0.39 is 0 Å². The minimum atomic E-state index is -0.0854. The third-order valence-electron chi connectivity index (χ3n) is 5.21. The average molecular weight is 349 g/mol. The van der Waals surface area contributed by atoms with Crippen LogP contribution in [0.1, 0.15) is 18.4 Å². The van der Waals surface area contributed by atoms with Crippen molar-refractivity contribution < 1.29 is 9.53 Å². The molecule has 2 aromatic rings. The van der Waals surface area contributed by atoms with Gasteiger partial charge in [0.15, 0.2) is 0 Å². The second-order valence-electron chi connectivity index (χ2n) is 6.91. The van der Waals surface area contributed by atoms with E-state index in [0.717, 1.165) is 31.0 Å². The summed E-state index contributed by atoms with van der Waals surface area (Å²) in [7, 11) is 1.58. The van der Waals surface area contributed by atoms with Crippen LogP contribution in [0.4, 0.5) is 11.5 Å². The maximum Gasteiger partial charge on any atom is 0.227 e. The molecular weight excluding hydrogens is 330 g/mol. The van der Waals surface area contributed by atoms with Crippen LogP contribution in [0, 0.1) is 16.7 Å². The molecule has 1 amide bonds. The van der Waals surface area contributed by atoms with Crippen LogP contribution in [0.5, 0.6) is 5.88 Å². The van der Waals surface area contributed by atoms with E-state index >= 15 is 0 Å². The van der Waals surface area contributed by atoms with Crippen LogP contribution in [0.2, 0.25) is 0 Å². The molecule has 26 heavy (non-hydrogen) atoms. The van der Waals surface area contributed by atoms with Crippen LogP contribution in [-0.4, -0.2) is 42.6 Å². The third kappa shape index (κ3) is 2.84. The highest BCUT2D eigenvalue weighted by molar-refractivity contribution is 5.96. The predicted molar refractivity (Wildman–Crippen MR) is 96.0 cm³/mol. The second-order valence-corrected chi connectivity index (χ2v) is 6.91. The molecule has 2 saturated heterocycles. The van der Waals surface area contributed by atoms with Crippen molar-refractivity contribution in [1.29, 1.82) is 5.26 Å². The van der Waals surface area contributed by atoms with Gasteiger partial charge in [0.05, 0.1) is 18.7 Å². The zero-order valence-electron chi connectivity index (χ0n) is 14.6. The Bertz CT molecular complexity index is 893. The zero-order chi connectivity index (χ0) is 18.1. The lowest BCUT2D eigenvalue weighted by Crippen LogP contribution is -2.31. The smallest absolute Gasteiger partial charge is 0.227 e. The van der Waals surface area contributed by atoms with Gasteiger partial charge < -0.3 is 14.5 Å². The first-order valence-electron chi connectivity index (χ1n) is 8.54. The number of methoxy groups -OCH3 is 1. The summed E-state index contributed by atoms with van der Waals surface area (Å²) in [5.41, 5.74) is 1.28. The normalized spacial score (nSPS) is 22.1. The van der Waals surface area contributed by atoms with Gasteiger partial charge in [-0.25, -0.2) is 9.97 Å². The van der Waals surface area contributed by atoms with Crippen LogP contribution in [0.3, 0.4) is 0 Å². The van der Waals surface area contributed by atoms with E-state index in [9.17, 15) is 4.79 Å². The average Bonchev–Trinajstić information content (AvgIpc) is 3.24. The fraction of sp³-hybridized carbons (Fsp3) is 0.368. The molecule has 2 fully saturated rings. The van der Waals surface area contributed by atoms with E-state index in [4.69, 9.17) is 10.00 Å². The molecule has 0 aliphatic carbocycles. The molecule has 1 atom stereocenters. The molecule has 2 aliphatic rings. The lowest BCUT2D eigenvalue weighted by molar-refractivity contribution is -0.117. The second kappa shape index (κ2) is 6.30. The van der Waals surface area contributed by atoms with Crippen molar-refractivity contribution in [3.8, 4) is 11.9 Å². The molecule has 1 aromatic carbocycles. The molecule has 4 rings (SSSR count). The van der Waals surface area contributed by atoms with Crippen LogP contribution >= 0.6 is 0 Å². The number of carbonyl (C=O) groups excluding carboxylic acids is 1. The van der Waals surface area contributed by atoms with Crippen LogP contribution < -0.4 is 14.5 Å². The molecule has 7 nitrogen and oxygen atoms in total. The number of carbonyl (C=O) groups is 1. The lowest BCUT2D eigenvalue weighted by Gasteiger charge is -2.24. The molecule has 0 unspecified atom stereocenters. The van der Waals surface area contributed by atoms with Crippen molar-refractivity contribution in [2.24, 2.45) is 5.41 Å². The Hall–Kier alpha value is -3.14. The number of ether oxygens (including phenoxy) is 1. The number of hydrogen-bond donors (Lipinski definition) is 0. The maximum atomic E-state index is 12.7. The van der Waals surface area contributed by atoms with Gasteiger partial charge in [0.2, 0.25) is 11.8 Å². The van der Waals surface area contributed by atoms with Crippen LogP contribution in [-0.2, 0) is 4.79 Å². The summed E-state index contributed by atoms with van der Waals surface area (Å²) in [6, 6.07) is 11.2. The van der Waals surface area contributed by atoms with Gasteiger partial charge in [0, 0.05) is 43.2 Å². The van der Waals surface area contributed by atoms with E-state index in [0.29, 0.717) is 24.4 Å². The number of aromatic nitrogens is 2. The number of amides is 1. The standard InChI is InChI=1S/C19H19N5O2/c1-26-17-8-16(21-13-22-17)23-6-5-19(11-23)9-18(25)24(12-19)15-4-2-3-14(7-15)10-20/h2-4,7-8,13H,5-6,9,11-12H2,1H3/t19-/m0/s1. The Morgan fingerprint density at radius 1 is 1.27 bits per heavy atom. The first kappa shape index (κ1) is 16.3. The summed E-state index contributed by atoms with van der Waals surface area (Å²) in [5.74, 6) is 1.47. The van der Waals surface area contributed by atoms with Crippen LogP contribution in [0.15, 0.2) is 36.7 Å². The molecule has 0 radical (unpaired) electrons. The molecular formula is C19H19N5O2. The summed E-state index contributed by atoms with van der Waals surface area (Å²) in [4.78, 5) is 25.0. The van der Waals surface area contributed by atoms with E-state index in [-0.39, 0.29) is 11.3 Å². The summed E-state index contributed by atoms with van der Waals surface area (Å²) >= 11 is 0. The number of nitriles is 1. The fourth-order valence-corrected chi connectivity index (χ4v) is 3.89. The predicted octanol–water partition coefficient (Wildman–Crippen LogP) is 1.99. The van der Waals surface area contributed by atoms with Gasteiger partial charge in [-0.2, -0.15) is 5.26 Å². The minimum absolute atomic E-state index is 0.0854. The van der Waals surface area contributed by atoms with E-state index in [1.165, 1.54) is 6.33 Å².